The molecule has 1 aromatic carbocycles. The van der Waals surface area contributed by atoms with Crippen LogP contribution in [0.5, 0.6) is 0 Å². The molecule has 1 atom stereocenters. The molecule has 0 fully saturated rings. The van der Waals surface area contributed by atoms with Crippen LogP contribution in [-0.4, -0.2) is 12.6 Å². The number of hydrogen-bond acceptors (Lipinski definition) is 2. The van der Waals surface area contributed by atoms with E-state index in [-0.39, 0.29) is 6.04 Å². The van der Waals surface area contributed by atoms with Gasteiger partial charge in [0.25, 0.3) is 0 Å². The van der Waals surface area contributed by atoms with Crippen molar-refractivity contribution in [1.29, 1.82) is 0 Å². The molecular formula is C10H16N2. The van der Waals surface area contributed by atoms with Gasteiger partial charge in [0.15, 0.2) is 0 Å². The van der Waals surface area contributed by atoms with Crippen LogP contribution in [0.4, 0.5) is 0 Å². The second-order valence-corrected chi connectivity index (χ2v) is 3.13. The molecule has 0 bridgehead atoms. The minimum absolute atomic E-state index is 0.0890. The molecule has 0 radical (unpaired) electrons. The van der Waals surface area contributed by atoms with Crippen LogP contribution in [0, 0.1) is 6.92 Å². The fraction of sp³-hybridized carbons (Fsp3) is 0.400. The highest BCUT2D eigenvalue weighted by Crippen LogP contribution is 2.08. The quantitative estimate of drug-likeness (QED) is 0.695. The smallest absolute Gasteiger partial charge is 0.0204 e. The first-order valence-corrected chi connectivity index (χ1v) is 4.24. The fourth-order valence-electron chi connectivity index (χ4n) is 1.20. The summed E-state index contributed by atoms with van der Waals surface area (Å²) in [5.41, 5.74) is 13.8. The summed E-state index contributed by atoms with van der Waals surface area (Å²) in [6.07, 6.45) is 0.878. The molecule has 2 nitrogen and oxygen atoms in total. The third kappa shape index (κ3) is 2.32. The van der Waals surface area contributed by atoms with E-state index in [0.717, 1.165) is 6.42 Å². The molecule has 0 amide bonds. The predicted octanol–water partition coefficient (Wildman–Crippen LogP) is 0.824. The van der Waals surface area contributed by atoms with Gasteiger partial charge in [0.2, 0.25) is 0 Å². The first-order valence-electron chi connectivity index (χ1n) is 4.24. The van der Waals surface area contributed by atoms with Crippen molar-refractivity contribution >= 4 is 0 Å². The minimum atomic E-state index is 0.0890. The zero-order chi connectivity index (χ0) is 8.97. The lowest BCUT2D eigenvalue weighted by Gasteiger charge is -2.10. The lowest BCUT2D eigenvalue weighted by Crippen LogP contribution is -2.31. The van der Waals surface area contributed by atoms with E-state index in [1.54, 1.807) is 0 Å². The third-order valence-electron chi connectivity index (χ3n) is 2.05. The third-order valence-corrected chi connectivity index (χ3v) is 2.05. The van der Waals surface area contributed by atoms with Crippen LogP contribution in [-0.2, 0) is 6.42 Å². The predicted molar refractivity (Wildman–Crippen MR) is 51.9 cm³/mol. The minimum Gasteiger partial charge on any atom is -0.329 e. The summed E-state index contributed by atoms with van der Waals surface area (Å²) in [5, 5.41) is 0. The summed E-state index contributed by atoms with van der Waals surface area (Å²) in [6.45, 7) is 2.65. The van der Waals surface area contributed by atoms with Crippen LogP contribution >= 0.6 is 0 Å². The molecule has 4 N–H and O–H groups in total. The Kier molecular flexibility index (Phi) is 3.26. The average Bonchev–Trinajstić information content (AvgIpc) is 2.09. The Morgan fingerprint density at radius 3 is 2.58 bits per heavy atom. The molecule has 1 rings (SSSR count). The van der Waals surface area contributed by atoms with Crippen LogP contribution in [0.1, 0.15) is 11.1 Å². The molecule has 66 valence electrons. The number of rotatable bonds is 3. The molecule has 12 heavy (non-hydrogen) atoms. The number of nitrogens with two attached hydrogens (primary N) is 2. The van der Waals surface area contributed by atoms with E-state index in [9.17, 15) is 0 Å². The van der Waals surface area contributed by atoms with Gasteiger partial charge in [-0.1, -0.05) is 24.3 Å². The Morgan fingerprint density at radius 2 is 2.00 bits per heavy atom. The van der Waals surface area contributed by atoms with E-state index < -0.39 is 0 Å². The Morgan fingerprint density at radius 1 is 1.33 bits per heavy atom. The number of aryl methyl sites for hydroxylation is 1. The highest BCUT2D eigenvalue weighted by Gasteiger charge is 2.02. The molecule has 0 saturated heterocycles. The second-order valence-electron chi connectivity index (χ2n) is 3.13. The standard InChI is InChI=1S/C10H16N2/c1-8-4-2-3-5-9(8)6-10(12)7-11/h2-5,10H,6-7,11-12H2,1H3/t10-/m0/s1. The fourth-order valence-corrected chi connectivity index (χ4v) is 1.20. The van der Waals surface area contributed by atoms with Crippen LogP contribution < -0.4 is 11.5 Å². The molecule has 1 aromatic rings. The maximum Gasteiger partial charge on any atom is 0.0204 e. The van der Waals surface area contributed by atoms with E-state index in [2.05, 4.69) is 19.1 Å². The lowest BCUT2D eigenvalue weighted by atomic mass is 10.0. The maximum absolute atomic E-state index is 5.75. The monoisotopic (exact) mass is 164 g/mol. The zero-order valence-corrected chi connectivity index (χ0v) is 7.46. The van der Waals surface area contributed by atoms with Crippen molar-refractivity contribution in [1.82, 2.24) is 0 Å². The van der Waals surface area contributed by atoms with E-state index in [0.29, 0.717) is 6.54 Å². The van der Waals surface area contributed by atoms with Gasteiger partial charge in [0.05, 0.1) is 0 Å². The molecule has 0 aliphatic rings. The van der Waals surface area contributed by atoms with Crippen molar-refractivity contribution < 1.29 is 0 Å². The normalized spacial score (nSPS) is 12.9. The average molecular weight is 164 g/mol. The van der Waals surface area contributed by atoms with E-state index in [1.807, 2.05) is 12.1 Å². The van der Waals surface area contributed by atoms with E-state index in [1.165, 1.54) is 11.1 Å². The maximum atomic E-state index is 5.75. The molecule has 0 unspecified atom stereocenters. The van der Waals surface area contributed by atoms with Crippen molar-refractivity contribution in [2.24, 2.45) is 11.5 Å². The molecule has 0 aliphatic carbocycles. The van der Waals surface area contributed by atoms with Gasteiger partial charge in [-0.05, 0) is 24.5 Å². The molecule has 0 heterocycles. The zero-order valence-electron chi connectivity index (χ0n) is 7.46. The topological polar surface area (TPSA) is 52.0 Å². The lowest BCUT2D eigenvalue weighted by molar-refractivity contribution is 0.676. The molecule has 0 saturated carbocycles. The second kappa shape index (κ2) is 4.24. The molecule has 0 aliphatic heterocycles. The van der Waals surface area contributed by atoms with Crippen molar-refractivity contribution in [2.45, 2.75) is 19.4 Å². The summed E-state index contributed by atoms with van der Waals surface area (Å²) in [4.78, 5) is 0. The Bertz CT molecular complexity index is 245. The highest BCUT2D eigenvalue weighted by atomic mass is 14.7. The Hall–Kier alpha value is -0.860. The number of hydrogen-bond donors (Lipinski definition) is 2. The van der Waals surface area contributed by atoms with Crippen LogP contribution in [0.3, 0.4) is 0 Å². The van der Waals surface area contributed by atoms with Gasteiger partial charge >= 0.3 is 0 Å². The molecule has 2 heteroatoms. The Balaban J connectivity index is 2.69. The first-order chi connectivity index (χ1) is 5.74. The summed E-state index contributed by atoms with van der Waals surface area (Å²) in [5.74, 6) is 0. The van der Waals surface area contributed by atoms with E-state index >= 15 is 0 Å². The van der Waals surface area contributed by atoms with Crippen molar-refractivity contribution in [3.05, 3.63) is 35.4 Å². The van der Waals surface area contributed by atoms with Gasteiger partial charge in [-0.3, -0.25) is 0 Å². The summed E-state index contributed by atoms with van der Waals surface area (Å²) in [7, 11) is 0. The van der Waals surface area contributed by atoms with Gasteiger partial charge in [-0.15, -0.1) is 0 Å². The van der Waals surface area contributed by atoms with Gasteiger partial charge in [0, 0.05) is 12.6 Å². The van der Waals surface area contributed by atoms with Crippen molar-refractivity contribution in [3.8, 4) is 0 Å². The highest BCUT2D eigenvalue weighted by molar-refractivity contribution is 5.26. The van der Waals surface area contributed by atoms with E-state index in [4.69, 9.17) is 11.5 Å². The largest absolute Gasteiger partial charge is 0.329 e. The molecule has 0 aromatic heterocycles. The van der Waals surface area contributed by atoms with Crippen molar-refractivity contribution in [2.75, 3.05) is 6.54 Å². The first kappa shape index (κ1) is 9.23. The van der Waals surface area contributed by atoms with Crippen LogP contribution in [0.2, 0.25) is 0 Å². The summed E-state index contributed by atoms with van der Waals surface area (Å²) in [6, 6.07) is 8.35. The molecule has 0 spiro atoms. The SMILES string of the molecule is Cc1ccccc1C[C@H](N)CN. The number of benzene rings is 1. The summed E-state index contributed by atoms with van der Waals surface area (Å²) >= 11 is 0. The Labute approximate surface area is 73.6 Å². The van der Waals surface area contributed by atoms with Gasteiger partial charge in [-0.2, -0.15) is 0 Å². The molecular weight excluding hydrogens is 148 g/mol. The van der Waals surface area contributed by atoms with Gasteiger partial charge in [-0.25, -0.2) is 0 Å². The van der Waals surface area contributed by atoms with Crippen LogP contribution in [0.25, 0.3) is 0 Å². The van der Waals surface area contributed by atoms with Gasteiger partial charge in [0.1, 0.15) is 0 Å². The summed E-state index contributed by atoms with van der Waals surface area (Å²) < 4.78 is 0. The van der Waals surface area contributed by atoms with Gasteiger partial charge < -0.3 is 11.5 Å². The van der Waals surface area contributed by atoms with Crippen molar-refractivity contribution in [3.63, 3.8) is 0 Å². The van der Waals surface area contributed by atoms with Crippen LogP contribution in [0.15, 0.2) is 24.3 Å².